The Morgan fingerprint density at radius 2 is 2.15 bits per heavy atom. The van der Waals surface area contributed by atoms with Gasteiger partial charge in [0.1, 0.15) is 6.26 Å². The van der Waals surface area contributed by atoms with Crippen molar-refractivity contribution < 1.29 is 14.6 Å². The van der Waals surface area contributed by atoms with Gasteiger partial charge in [0.15, 0.2) is 12.0 Å². The summed E-state index contributed by atoms with van der Waals surface area (Å²) in [7, 11) is 0. The molecule has 0 saturated heterocycles. The molecule has 0 bridgehead atoms. The van der Waals surface area contributed by atoms with Gasteiger partial charge in [-0.05, 0) is 48.9 Å². The van der Waals surface area contributed by atoms with Crippen molar-refractivity contribution in [3.8, 4) is 0 Å². The number of para-hydroxylation sites is 1. The number of hydrogen-bond donors (Lipinski definition) is 3. The van der Waals surface area contributed by atoms with Crippen molar-refractivity contribution in [3.63, 3.8) is 0 Å². The van der Waals surface area contributed by atoms with Crippen LogP contribution in [0.2, 0.25) is 0 Å². The van der Waals surface area contributed by atoms with E-state index in [9.17, 15) is 5.11 Å². The topological polar surface area (TPSA) is 66.5 Å². The molecule has 0 radical (unpaired) electrons. The third-order valence-electron chi connectivity index (χ3n) is 4.92. The number of aryl methyl sites for hydroxylation is 1. The number of hydrogen-bond acceptors (Lipinski definition) is 4. The van der Waals surface area contributed by atoms with E-state index in [4.69, 9.17) is 9.47 Å². The number of fused-ring (bicyclic) bond motifs is 1. The summed E-state index contributed by atoms with van der Waals surface area (Å²) in [6, 6.07) is 8.44. The van der Waals surface area contributed by atoms with Gasteiger partial charge in [0.05, 0.1) is 0 Å². The molecule has 2 heterocycles. The lowest BCUT2D eigenvalue weighted by Gasteiger charge is -2.21. The number of ether oxygens (including phenoxy) is 2. The van der Waals surface area contributed by atoms with E-state index in [1.165, 1.54) is 29.0 Å². The number of nitrogens with one attached hydrogen (secondary N) is 2. The smallest absolute Gasteiger partial charge is 0.319 e. The first-order valence-corrected chi connectivity index (χ1v) is 9.35. The number of aliphatic hydroxyl groups is 1. The summed E-state index contributed by atoms with van der Waals surface area (Å²) < 4.78 is 10.4. The summed E-state index contributed by atoms with van der Waals surface area (Å²) in [5, 5.41) is 14.3. The molecule has 2 aromatic rings. The average molecular weight is 364 g/mol. The standard InChI is InChI=1S/C22H24N2O3/c25-22-15-26-14-21(27-22)17-6-3-5-16(11-17)12-23-10-4-7-18-13-24-20-9-2-1-8-19(18)20/h1-3,5-6,8-9,13-16,23-25H,4,7,10-12H2. The van der Waals surface area contributed by atoms with Crippen LogP contribution in [-0.2, 0) is 15.9 Å². The highest BCUT2D eigenvalue weighted by Crippen LogP contribution is 2.28. The second-order valence-corrected chi connectivity index (χ2v) is 6.88. The molecule has 1 aromatic carbocycles. The van der Waals surface area contributed by atoms with Crippen molar-refractivity contribution in [3.05, 3.63) is 84.1 Å². The van der Waals surface area contributed by atoms with Crippen molar-refractivity contribution in [2.75, 3.05) is 13.1 Å². The maximum atomic E-state index is 9.43. The van der Waals surface area contributed by atoms with Crippen LogP contribution in [0.25, 0.3) is 10.9 Å². The van der Waals surface area contributed by atoms with Gasteiger partial charge in [-0.15, -0.1) is 0 Å². The van der Waals surface area contributed by atoms with Gasteiger partial charge in [-0.25, -0.2) is 0 Å². The van der Waals surface area contributed by atoms with Crippen LogP contribution < -0.4 is 5.32 Å². The average Bonchev–Trinajstić information content (AvgIpc) is 3.11. The minimum Gasteiger partial charge on any atom is -0.478 e. The van der Waals surface area contributed by atoms with Gasteiger partial charge in [-0.3, -0.25) is 0 Å². The fourth-order valence-corrected chi connectivity index (χ4v) is 3.56. The first-order chi connectivity index (χ1) is 13.3. The summed E-state index contributed by atoms with van der Waals surface area (Å²) >= 11 is 0. The largest absolute Gasteiger partial charge is 0.478 e. The van der Waals surface area contributed by atoms with Crippen LogP contribution in [0.15, 0.2) is 78.5 Å². The zero-order valence-electron chi connectivity index (χ0n) is 15.2. The zero-order valence-corrected chi connectivity index (χ0v) is 15.2. The molecular weight excluding hydrogens is 340 g/mol. The summed E-state index contributed by atoms with van der Waals surface area (Å²) in [6.07, 6.45) is 14.1. The molecule has 5 nitrogen and oxygen atoms in total. The van der Waals surface area contributed by atoms with Gasteiger partial charge in [0, 0.05) is 23.6 Å². The maximum Gasteiger partial charge on any atom is 0.319 e. The third kappa shape index (κ3) is 4.26. The van der Waals surface area contributed by atoms with Crippen LogP contribution >= 0.6 is 0 Å². The summed E-state index contributed by atoms with van der Waals surface area (Å²) in [5.41, 5.74) is 3.61. The van der Waals surface area contributed by atoms with E-state index in [0.29, 0.717) is 11.7 Å². The molecule has 3 N–H and O–H groups in total. The van der Waals surface area contributed by atoms with Crippen LogP contribution in [-0.4, -0.2) is 23.2 Å². The molecule has 0 saturated carbocycles. The fraction of sp³-hybridized carbons (Fsp3) is 0.273. The molecule has 2 aliphatic rings. The predicted octanol–water partition coefficient (Wildman–Crippen LogP) is 4.44. The number of H-pyrrole nitrogens is 1. The lowest BCUT2D eigenvalue weighted by molar-refractivity contribution is 0.108. The summed E-state index contributed by atoms with van der Waals surface area (Å²) in [4.78, 5) is 3.34. The molecule has 140 valence electrons. The monoisotopic (exact) mass is 364 g/mol. The SMILES string of the molecule is OC1=COC=C(C2=CC=CC(CNCCCc3c[nH]c4ccccc34)C2)O1. The second kappa shape index (κ2) is 8.18. The molecular formula is C22H24N2O3. The van der Waals surface area contributed by atoms with E-state index >= 15 is 0 Å². The molecule has 27 heavy (non-hydrogen) atoms. The first-order valence-electron chi connectivity index (χ1n) is 9.35. The molecule has 1 aliphatic carbocycles. The Bertz CT molecular complexity index is 921. The number of aromatic nitrogens is 1. The highest BCUT2D eigenvalue weighted by molar-refractivity contribution is 5.82. The quantitative estimate of drug-likeness (QED) is 0.636. The van der Waals surface area contributed by atoms with Crippen LogP contribution in [0, 0.1) is 5.92 Å². The summed E-state index contributed by atoms with van der Waals surface area (Å²) in [6.45, 7) is 1.90. The van der Waals surface area contributed by atoms with Gasteiger partial charge < -0.3 is 24.9 Å². The first kappa shape index (κ1) is 17.5. The Kier molecular flexibility index (Phi) is 5.30. The number of aliphatic hydroxyl groups excluding tert-OH is 1. The molecule has 1 unspecified atom stereocenters. The zero-order chi connectivity index (χ0) is 18.5. The number of rotatable bonds is 7. The minimum atomic E-state index is -0.213. The molecule has 0 spiro atoms. The van der Waals surface area contributed by atoms with E-state index in [-0.39, 0.29) is 5.95 Å². The van der Waals surface area contributed by atoms with Crippen molar-refractivity contribution in [1.29, 1.82) is 0 Å². The second-order valence-electron chi connectivity index (χ2n) is 6.88. The molecule has 4 rings (SSSR count). The minimum absolute atomic E-state index is 0.213. The number of benzene rings is 1. The van der Waals surface area contributed by atoms with Gasteiger partial charge >= 0.3 is 5.95 Å². The van der Waals surface area contributed by atoms with Gasteiger partial charge in [-0.1, -0.05) is 36.4 Å². The highest BCUT2D eigenvalue weighted by Gasteiger charge is 2.18. The van der Waals surface area contributed by atoms with Gasteiger partial charge in [-0.2, -0.15) is 0 Å². The molecule has 1 aliphatic heterocycles. The Labute approximate surface area is 158 Å². The van der Waals surface area contributed by atoms with E-state index in [1.54, 1.807) is 0 Å². The van der Waals surface area contributed by atoms with Crippen molar-refractivity contribution >= 4 is 10.9 Å². The van der Waals surface area contributed by atoms with Gasteiger partial charge in [0.25, 0.3) is 0 Å². The van der Waals surface area contributed by atoms with E-state index in [1.807, 2.05) is 12.2 Å². The van der Waals surface area contributed by atoms with Crippen LogP contribution in [0.4, 0.5) is 0 Å². The lowest BCUT2D eigenvalue weighted by Crippen LogP contribution is -2.24. The van der Waals surface area contributed by atoms with Crippen LogP contribution in [0.1, 0.15) is 18.4 Å². The van der Waals surface area contributed by atoms with Gasteiger partial charge in [0.2, 0.25) is 0 Å². The highest BCUT2D eigenvalue weighted by atomic mass is 16.6. The molecule has 0 amide bonds. The third-order valence-corrected chi connectivity index (χ3v) is 4.92. The normalized spacial score (nSPS) is 19.1. The lowest BCUT2D eigenvalue weighted by atomic mass is 9.93. The maximum absolute atomic E-state index is 9.43. The molecule has 1 atom stereocenters. The Balaban J connectivity index is 1.20. The molecule has 1 aromatic heterocycles. The Morgan fingerprint density at radius 3 is 3.07 bits per heavy atom. The van der Waals surface area contributed by atoms with Crippen LogP contribution in [0.5, 0.6) is 0 Å². The van der Waals surface area contributed by atoms with Crippen molar-refractivity contribution in [1.82, 2.24) is 10.3 Å². The van der Waals surface area contributed by atoms with E-state index in [0.717, 1.165) is 37.9 Å². The molecule has 5 heteroatoms. The molecule has 0 fully saturated rings. The number of aromatic amines is 1. The van der Waals surface area contributed by atoms with Crippen LogP contribution in [0.3, 0.4) is 0 Å². The predicted molar refractivity (Wildman–Crippen MR) is 106 cm³/mol. The Hall–Kier alpha value is -2.92. The van der Waals surface area contributed by atoms with Crippen molar-refractivity contribution in [2.24, 2.45) is 5.92 Å². The van der Waals surface area contributed by atoms with Crippen molar-refractivity contribution in [2.45, 2.75) is 19.3 Å². The fourth-order valence-electron chi connectivity index (χ4n) is 3.56. The van der Waals surface area contributed by atoms with E-state index in [2.05, 4.69) is 46.8 Å². The van der Waals surface area contributed by atoms with E-state index < -0.39 is 0 Å². The summed E-state index contributed by atoms with van der Waals surface area (Å²) in [5.74, 6) is 0.759. The number of allylic oxidation sites excluding steroid dienone is 3. The Morgan fingerprint density at radius 1 is 1.22 bits per heavy atom.